The molecule has 0 atom stereocenters. The number of hydrogen-bond acceptors (Lipinski definition) is 2. The quantitative estimate of drug-likeness (QED) is 0.907. The van der Waals surface area contributed by atoms with Crippen LogP contribution in [-0.2, 0) is 6.54 Å². The molecular formula is C12H12BrF2N3. The molecule has 0 bridgehead atoms. The van der Waals surface area contributed by atoms with Crippen molar-refractivity contribution in [3.63, 3.8) is 0 Å². The summed E-state index contributed by atoms with van der Waals surface area (Å²) in [6.45, 7) is 4.03. The molecule has 1 aromatic carbocycles. The number of aryl methyl sites for hydroxylation is 2. The summed E-state index contributed by atoms with van der Waals surface area (Å²) in [7, 11) is 0. The first-order valence-electron chi connectivity index (χ1n) is 5.38. The predicted molar refractivity (Wildman–Crippen MR) is 69.4 cm³/mol. The standard InChI is InChI=1S/C12H12BrF2N3/c1-6-9(7(2)18-17-6)5-16-12-10(14)3-8(13)4-11(12)15/h3-4,16H,5H2,1-2H3,(H,17,18). The average Bonchev–Trinajstić information content (AvgIpc) is 2.58. The van der Waals surface area contributed by atoms with Crippen molar-refractivity contribution >= 4 is 21.6 Å². The van der Waals surface area contributed by atoms with Crippen LogP contribution in [0.3, 0.4) is 0 Å². The van der Waals surface area contributed by atoms with Gasteiger partial charge >= 0.3 is 0 Å². The average molecular weight is 316 g/mol. The normalized spacial score (nSPS) is 10.7. The summed E-state index contributed by atoms with van der Waals surface area (Å²) >= 11 is 3.04. The van der Waals surface area contributed by atoms with Crippen LogP contribution in [0.4, 0.5) is 14.5 Å². The van der Waals surface area contributed by atoms with E-state index in [4.69, 9.17) is 0 Å². The third-order valence-corrected chi connectivity index (χ3v) is 3.19. The first kappa shape index (κ1) is 13.0. The van der Waals surface area contributed by atoms with Gasteiger partial charge in [-0.15, -0.1) is 0 Å². The number of H-pyrrole nitrogens is 1. The van der Waals surface area contributed by atoms with E-state index >= 15 is 0 Å². The maximum absolute atomic E-state index is 13.6. The second-order valence-electron chi connectivity index (χ2n) is 4.01. The molecule has 3 nitrogen and oxygen atoms in total. The molecular weight excluding hydrogens is 304 g/mol. The number of hydrogen-bond donors (Lipinski definition) is 2. The summed E-state index contributed by atoms with van der Waals surface area (Å²) < 4.78 is 27.5. The molecule has 2 rings (SSSR count). The summed E-state index contributed by atoms with van der Waals surface area (Å²) in [4.78, 5) is 0. The summed E-state index contributed by atoms with van der Waals surface area (Å²) in [5.74, 6) is -1.25. The molecule has 0 amide bonds. The van der Waals surface area contributed by atoms with Gasteiger partial charge in [0.25, 0.3) is 0 Å². The maximum Gasteiger partial charge on any atom is 0.150 e. The third kappa shape index (κ3) is 2.53. The zero-order valence-electron chi connectivity index (χ0n) is 9.94. The van der Waals surface area contributed by atoms with Crippen LogP contribution in [0.1, 0.15) is 17.0 Å². The smallest absolute Gasteiger partial charge is 0.150 e. The van der Waals surface area contributed by atoms with E-state index in [1.807, 2.05) is 13.8 Å². The molecule has 0 aliphatic rings. The molecule has 2 N–H and O–H groups in total. The van der Waals surface area contributed by atoms with Gasteiger partial charge in [0.2, 0.25) is 0 Å². The monoisotopic (exact) mass is 315 g/mol. The minimum atomic E-state index is -0.624. The van der Waals surface area contributed by atoms with Crippen LogP contribution in [0.15, 0.2) is 16.6 Å². The molecule has 0 aliphatic heterocycles. The molecule has 18 heavy (non-hydrogen) atoms. The van der Waals surface area contributed by atoms with Gasteiger partial charge in [-0.1, -0.05) is 15.9 Å². The molecule has 0 fully saturated rings. The zero-order chi connectivity index (χ0) is 13.3. The molecule has 96 valence electrons. The highest BCUT2D eigenvalue weighted by molar-refractivity contribution is 9.10. The van der Waals surface area contributed by atoms with E-state index in [-0.39, 0.29) is 5.69 Å². The number of anilines is 1. The lowest BCUT2D eigenvalue weighted by Crippen LogP contribution is -2.05. The van der Waals surface area contributed by atoms with Gasteiger partial charge in [-0.2, -0.15) is 5.10 Å². The third-order valence-electron chi connectivity index (χ3n) is 2.73. The maximum atomic E-state index is 13.6. The highest BCUT2D eigenvalue weighted by atomic mass is 79.9. The van der Waals surface area contributed by atoms with E-state index in [1.54, 1.807) is 0 Å². The van der Waals surface area contributed by atoms with Crippen LogP contribution in [0.5, 0.6) is 0 Å². The number of rotatable bonds is 3. The fourth-order valence-corrected chi connectivity index (χ4v) is 2.12. The van der Waals surface area contributed by atoms with Crippen molar-refractivity contribution in [2.75, 3.05) is 5.32 Å². The predicted octanol–water partition coefficient (Wildman–Crippen LogP) is 3.68. The summed E-state index contributed by atoms with van der Waals surface area (Å²) in [5, 5.41) is 9.62. The topological polar surface area (TPSA) is 40.7 Å². The van der Waals surface area contributed by atoms with E-state index in [1.165, 1.54) is 12.1 Å². The second kappa shape index (κ2) is 5.06. The van der Waals surface area contributed by atoms with Gasteiger partial charge in [-0.25, -0.2) is 8.78 Å². The van der Waals surface area contributed by atoms with E-state index in [0.717, 1.165) is 17.0 Å². The first-order valence-corrected chi connectivity index (χ1v) is 6.17. The van der Waals surface area contributed by atoms with Crippen molar-refractivity contribution in [3.8, 4) is 0 Å². The Morgan fingerprint density at radius 1 is 1.28 bits per heavy atom. The summed E-state index contributed by atoms with van der Waals surface area (Å²) in [5.41, 5.74) is 2.49. The van der Waals surface area contributed by atoms with Crippen LogP contribution < -0.4 is 5.32 Å². The summed E-state index contributed by atoms with van der Waals surface area (Å²) in [6.07, 6.45) is 0. The van der Waals surface area contributed by atoms with Crippen LogP contribution in [0.25, 0.3) is 0 Å². The second-order valence-corrected chi connectivity index (χ2v) is 4.93. The van der Waals surface area contributed by atoms with E-state index in [0.29, 0.717) is 11.0 Å². The Kier molecular flexibility index (Phi) is 3.65. The lowest BCUT2D eigenvalue weighted by molar-refractivity contribution is 0.586. The largest absolute Gasteiger partial charge is 0.376 e. The number of aromatic amines is 1. The van der Waals surface area contributed by atoms with Gasteiger partial charge in [-0.3, -0.25) is 5.10 Å². The lowest BCUT2D eigenvalue weighted by Gasteiger charge is -2.09. The van der Waals surface area contributed by atoms with Crippen LogP contribution >= 0.6 is 15.9 Å². The molecule has 0 spiro atoms. The van der Waals surface area contributed by atoms with Crippen LogP contribution in [0, 0.1) is 25.5 Å². The van der Waals surface area contributed by atoms with Gasteiger partial charge in [0, 0.05) is 22.3 Å². The van der Waals surface area contributed by atoms with Gasteiger partial charge in [-0.05, 0) is 26.0 Å². The number of aromatic nitrogens is 2. The first-order chi connectivity index (χ1) is 8.49. The van der Waals surface area contributed by atoms with Gasteiger partial charge < -0.3 is 5.32 Å². The van der Waals surface area contributed by atoms with Gasteiger partial charge in [0.05, 0.1) is 5.69 Å². The minimum absolute atomic E-state index is 0.127. The van der Waals surface area contributed by atoms with E-state index in [9.17, 15) is 8.78 Å². The minimum Gasteiger partial charge on any atom is -0.376 e. The van der Waals surface area contributed by atoms with Gasteiger partial charge in [0.1, 0.15) is 17.3 Å². The number of nitrogens with one attached hydrogen (secondary N) is 2. The Labute approximate surface area is 112 Å². The molecule has 0 aliphatic carbocycles. The molecule has 0 saturated heterocycles. The van der Waals surface area contributed by atoms with Crippen LogP contribution in [0.2, 0.25) is 0 Å². The van der Waals surface area contributed by atoms with E-state index in [2.05, 4.69) is 31.4 Å². The van der Waals surface area contributed by atoms with E-state index < -0.39 is 11.6 Å². The Morgan fingerprint density at radius 3 is 2.39 bits per heavy atom. The SMILES string of the molecule is Cc1n[nH]c(C)c1CNc1c(F)cc(Br)cc1F. The molecule has 2 aromatic rings. The Balaban J connectivity index is 2.21. The molecule has 1 aromatic heterocycles. The lowest BCUT2D eigenvalue weighted by atomic mass is 10.2. The number of benzene rings is 1. The van der Waals surface area contributed by atoms with Crippen molar-refractivity contribution < 1.29 is 8.78 Å². The molecule has 0 radical (unpaired) electrons. The fraction of sp³-hybridized carbons (Fsp3) is 0.250. The Hall–Kier alpha value is -1.43. The van der Waals surface area contributed by atoms with Crippen molar-refractivity contribution in [1.29, 1.82) is 0 Å². The van der Waals surface area contributed by atoms with Crippen molar-refractivity contribution in [3.05, 3.63) is 45.2 Å². The van der Waals surface area contributed by atoms with Crippen molar-refractivity contribution in [1.82, 2.24) is 10.2 Å². The highest BCUT2D eigenvalue weighted by Crippen LogP contribution is 2.24. The zero-order valence-corrected chi connectivity index (χ0v) is 11.5. The molecule has 0 unspecified atom stereocenters. The van der Waals surface area contributed by atoms with Crippen molar-refractivity contribution in [2.24, 2.45) is 0 Å². The highest BCUT2D eigenvalue weighted by Gasteiger charge is 2.12. The number of halogens is 3. The molecule has 1 heterocycles. The van der Waals surface area contributed by atoms with Gasteiger partial charge in [0.15, 0.2) is 0 Å². The Morgan fingerprint density at radius 2 is 1.89 bits per heavy atom. The molecule has 0 saturated carbocycles. The summed E-state index contributed by atoms with van der Waals surface area (Å²) in [6, 6.07) is 2.45. The fourth-order valence-electron chi connectivity index (χ4n) is 1.72. The van der Waals surface area contributed by atoms with Crippen LogP contribution in [-0.4, -0.2) is 10.2 Å². The van der Waals surface area contributed by atoms with Crippen molar-refractivity contribution in [2.45, 2.75) is 20.4 Å². The number of nitrogens with zero attached hydrogens (tertiary/aromatic N) is 1. The molecule has 6 heteroatoms. The Bertz CT molecular complexity index is 538.